The van der Waals surface area contributed by atoms with Crippen molar-refractivity contribution in [1.29, 1.82) is 0 Å². The van der Waals surface area contributed by atoms with E-state index in [4.69, 9.17) is 9.47 Å². The van der Waals surface area contributed by atoms with Crippen LogP contribution in [-0.4, -0.2) is 25.1 Å². The van der Waals surface area contributed by atoms with Gasteiger partial charge in [0.1, 0.15) is 16.1 Å². The molecule has 0 amide bonds. The molecule has 0 spiro atoms. The Hall–Kier alpha value is -0.360. The van der Waals surface area contributed by atoms with Crippen LogP contribution in [0.1, 0.15) is 10.4 Å². The van der Waals surface area contributed by atoms with Crippen molar-refractivity contribution in [2.45, 2.75) is 6.11 Å². The summed E-state index contributed by atoms with van der Waals surface area (Å²) in [6, 6.07) is 6.29. The molecule has 1 aromatic heterocycles. The van der Waals surface area contributed by atoms with Gasteiger partial charge in [0.25, 0.3) is 5.19 Å². The molecule has 0 fully saturated rings. The number of methoxy groups -OCH3 is 2. The van der Waals surface area contributed by atoms with Crippen LogP contribution in [0.15, 0.2) is 36.7 Å². The molecule has 28 heavy (non-hydrogen) atoms. The van der Waals surface area contributed by atoms with E-state index in [0.717, 1.165) is 6.20 Å². The lowest BCUT2D eigenvalue weighted by atomic mass is 10.1. The molecule has 12 heteroatoms. The van der Waals surface area contributed by atoms with Gasteiger partial charge in [-0.3, -0.25) is 0 Å². The van der Waals surface area contributed by atoms with E-state index in [1.54, 1.807) is 18.2 Å². The standard InChI is InChI=1S/C15H12F3NO4S.CHI3/c1-21-8-10(13(20)22-2)9-5-3-4-6-11(9)23-14-19-7-12(24-14)15(16,17)18;2-1(3)4/h3-8H,1-2H3;1H/b10-8+;. The van der Waals surface area contributed by atoms with E-state index >= 15 is 0 Å². The van der Waals surface area contributed by atoms with Crippen molar-refractivity contribution >= 4 is 90.7 Å². The largest absolute Gasteiger partial charge is 0.503 e. The smallest absolute Gasteiger partial charge is 0.427 e. The van der Waals surface area contributed by atoms with E-state index in [0.29, 0.717) is 23.1 Å². The minimum Gasteiger partial charge on any atom is -0.503 e. The van der Waals surface area contributed by atoms with Gasteiger partial charge in [-0.05, 0) is 6.07 Å². The van der Waals surface area contributed by atoms with Crippen LogP contribution in [0.2, 0.25) is 0 Å². The fourth-order valence-electron chi connectivity index (χ4n) is 1.76. The van der Waals surface area contributed by atoms with Crippen molar-refractivity contribution in [2.24, 2.45) is 0 Å². The van der Waals surface area contributed by atoms with Gasteiger partial charge in [0.15, 0.2) is 0 Å². The Labute approximate surface area is 204 Å². The fraction of sp³-hybridized carbons (Fsp3) is 0.250. The Morgan fingerprint density at radius 1 is 1.21 bits per heavy atom. The first-order chi connectivity index (χ1) is 13.1. The average Bonchev–Trinajstić information content (AvgIpc) is 3.08. The fourth-order valence-corrected chi connectivity index (χ4v) is 2.40. The van der Waals surface area contributed by atoms with E-state index in [-0.39, 0.29) is 16.5 Å². The molecule has 0 radical (unpaired) electrons. The quantitative estimate of drug-likeness (QED) is 0.112. The van der Waals surface area contributed by atoms with Crippen LogP contribution in [0, 0.1) is 0 Å². The lowest BCUT2D eigenvalue weighted by Crippen LogP contribution is -2.05. The number of thiazole rings is 1. The Kier molecular flexibility index (Phi) is 11.3. The first kappa shape index (κ1) is 25.7. The Balaban J connectivity index is 0.000000892. The number of benzene rings is 1. The summed E-state index contributed by atoms with van der Waals surface area (Å²) in [5.74, 6) is -0.530. The molecule has 0 saturated carbocycles. The zero-order valence-electron chi connectivity index (χ0n) is 14.3. The van der Waals surface area contributed by atoms with E-state index in [9.17, 15) is 18.0 Å². The SMILES string of the molecule is CO/C=C(/C(=O)OC)c1ccccc1Oc1ncc(C(F)(F)F)s1.IC(I)I. The highest BCUT2D eigenvalue weighted by molar-refractivity contribution is 14.3. The number of hydrogen-bond donors (Lipinski definition) is 0. The van der Waals surface area contributed by atoms with Gasteiger partial charge in [0, 0.05) is 5.56 Å². The number of halogens is 6. The van der Waals surface area contributed by atoms with Crippen LogP contribution in [-0.2, 0) is 20.4 Å². The Morgan fingerprint density at radius 3 is 2.32 bits per heavy atom. The van der Waals surface area contributed by atoms with Crippen LogP contribution in [0.5, 0.6) is 10.9 Å². The lowest BCUT2D eigenvalue weighted by molar-refractivity contribution is -0.135. The molecule has 5 nitrogen and oxygen atoms in total. The second-order valence-corrected chi connectivity index (χ2v) is 16.5. The molecule has 0 aliphatic heterocycles. The van der Waals surface area contributed by atoms with Gasteiger partial charge in [-0.25, -0.2) is 9.78 Å². The summed E-state index contributed by atoms with van der Waals surface area (Å²) < 4.78 is 53.6. The number of esters is 1. The third kappa shape index (κ3) is 8.56. The van der Waals surface area contributed by atoms with Crippen LogP contribution in [0.4, 0.5) is 13.2 Å². The molecular formula is C16H13F3I3NO4S. The molecule has 0 saturated heterocycles. The normalized spacial score (nSPS) is 11.5. The van der Waals surface area contributed by atoms with Gasteiger partial charge in [0.2, 0.25) is 0 Å². The monoisotopic (exact) mass is 753 g/mol. The number of carbonyl (C=O) groups excluding carboxylic acids is 1. The number of ether oxygens (including phenoxy) is 3. The summed E-state index contributed by atoms with van der Waals surface area (Å²) in [7, 11) is 2.55. The van der Waals surface area contributed by atoms with Gasteiger partial charge in [0.05, 0.1) is 26.7 Å². The molecule has 2 aromatic rings. The molecule has 0 bridgehead atoms. The van der Waals surface area contributed by atoms with E-state index < -0.39 is 17.0 Å². The Morgan fingerprint density at radius 2 is 1.82 bits per heavy atom. The summed E-state index contributed by atoms with van der Waals surface area (Å²) in [6.07, 6.45) is -2.64. The molecule has 0 N–H and O–H groups in total. The van der Waals surface area contributed by atoms with Crippen LogP contribution >= 0.6 is 79.1 Å². The molecule has 0 aliphatic rings. The van der Waals surface area contributed by atoms with Crippen LogP contribution in [0.3, 0.4) is 0 Å². The third-order valence-corrected chi connectivity index (χ3v) is 3.70. The predicted molar refractivity (Wildman–Crippen MR) is 126 cm³/mol. The second-order valence-electron chi connectivity index (χ2n) is 4.59. The molecule has 2 rings (SSSR count). The van der Waals surface area contributed by atoms with Gasteiger partial charge in [-0.2, -0.15) is 13.2 Å². The highest BCUT2D eigenvalue weighted by atomic mass is 127. The summed E-state index contributed by atoms with van der Waals surface area (Å²) in [5.41, 5.74) is 0.359. The van der Waals surface area contributed by atoms with Gasteiger partial charge in [-0.15, -0.1) is 0 Å². The first-order valence-corrected chi connectivity index (χ1v) is 11.7. The number of rotatable bonds is 5. The van der Waals surface area contributed by atoms with Gasteiger partial charge in [-0.1, -0.05) is 97.3 Å². The van der Waals surface area contributed by atoms with Crippen molar-refractivity contribution in [3.8, 4) is 10.9 Å². The van der Waals surface area contributed by atoms with Gasteiger partial charge >= 0.3 is 12.1 Å². The number of nitrogens with zero attached hydrogens (tertiary/aromatic N) is 1. The third-order valence-electron chi connectivity index (χ3n) is 2.78. The number of carbonyl (C=O) groups is 1. The van der Waals surface area contributed by atoms with E-state index in [2.05, 4.69) is 77.5 Å². The van der Waals surface area contributed by atoms with Crippen molar-refractivity contribution in [3.63, 3.8) is 0 Å². The predicted octanol–water partition coefficient (Wildman–Crippen LogP) is 6.69. The second kappa shape index (κ2) is 12.4. The van der Waals surface area contributed by atoms with Crippen molar-refractivity contribution in [2.75, 3.05) is 14.2 Å². The number of hydrogen-bond acceptors (Lipinski definition) is 6. The molecular weight excluding hydrogens is 740 g/mol. The van der Waals surface area contributed by atoms with Crippen LogP contribution < -0.4 is 4.74 Å². The summed E-state index contributed by atoms with van der Waals surface area (Å²) in [6.45, 7) is 0. The minimum atomic E-state index is -4.49. The molecule has 154 valence electrons. The average molecular weight is 753 g/mol. The molecule has 0 atom stereocenters. The molecule has 0 aliphatic carbocycles. The van der Waals surface area contributed by atoms with Crippen molar-refractivity contribution in [1.82, 2.24) is 4.98 Å². The maximum atomic E-state index is 12.6. The summed E-state index contributed by atoms with van der Waals surface area (Å²) >= 11 is 7.31. The minimum absolute atomic E-state index is 0.0585. The highest BCUT2D eigenvalue weighted by Crippen LogP contribution is 2.38. The topological polar surface area (TPSA) is 57.7 Å². The Bertz CT molecular complexity index is 810. The van der Waals surface area contributed by atoms with Gasteiger partial charge < -0.3 is 14.2 Å². The maximum Gasteiger partial charge on any atom is 0.427 e. The van der Waals surface area contributed by atoms with E-state index in [1.807, 2.05) is 0 Å². The zero-order chi connectivity index (χ0) is 21.3. The molecule has 1 aromatic carbocycles. The highest BCUT2D eigenvalue weighted by Gasteiger charge is 2.33. The zero-order valence-corrected chi connectivity index (χ0v) is 21.6. The van der Waals surface area contributed by atoms with Crippen molar-refractivity contribution in [3.05, 3.63) is 47.2 Å². The summed E-state index contributed by atoms with van der Waals surface area (Å²) in [5, 5.41) is -0.198. The number of para-hydroxylation sites is 1. The lowest BCUT2D eigenvalue weighted by Gasteiger charge is -2.10. The molecule has 1 heterocycles. The van der Waals surface area contributed by atoms with Crippen LogP contribution in [0.25, 0.3) is 5.57 Å². The van der Waals surface area contributed by atoms with Crippen molar-refractivity contribution < 1.29 is 32.2 Å². The maximum absolute atomic E-state index is 12.6. The first-order valence-electron chi connectivity index (χ1n) is 7.14. The number of alkyl halides is 6. The molecule has 0 unspecified atom stereocenters. The van der Waals surface area contributed by atoms with E-state index in [1.165, 1.54) is 20.3 Å². The number of aromatic nitrogens is 1. The summed E-state index contributed by atoms with van der Waals surface area (Å²) in [4.78, 5) is 14.6.